The third-order valence-electron chi connectivity index (χ3n) is 13.4. The summed E-state index contributed by atoms with van der Waals surface area (Å²) in [5, 5.41) is 18.1. The molecule has 0 bridgehead atoms. The number of benzene rings is 2. The molecule has 2 aromatic carbocycles. The first-order chi connectivity index (χ1) is 33.8. The molecular formula is C52H67N9O9. The molecule has 3 aromatic heterocycles. The number of aromatic amines is 2. The Balaban J connectivity index is 1.10. The van der Waals surface area contributed by atoms with E-state index < -0.39 is 36.7 Å². The highest BCUT2D eigenvalue weighted by Crippen LogP contribution is 2.46. The van der Waals surface area contributed by atoms with Gasteiger partial charge in [-0.3, -0.25) is 9.69 Å². The van der Waals surface area contributed by atoms with Crippen LogP contribution in [-0.4, -0.2) is 123 Å². The Labute approximate surface area is 408 Å². The fourth-order valence-electron chi connectivity index (χ4n) is 9.80. The van der Waals surface area contributed by atoms with Crippen molar-refractivity contribution < 1.29 is 43.2 Å². The second-order valence-corrected chi connectivity index (χ2v) is 18.8. The molecule has 5 atom stereocenters. The third-order valence-corrected chi connectivity index (χ3v) is 13.4. The Bertz CT molecular complexity index is 2720. The van der Waals surface area contributed by atoms with E-state index in [4.69, 9.17) is 33.7 Å². The van der Waals surface area contributed by atoms with E-state index in [0.717, 1.165) is 81.7 Å². The van der Waals surface area contributed by atoms with E-state index in [1.165, 1.54) is 14.2 Å². The zero-order chi connectivity index (χ0) is 49.6. The number of aliphatic hydroxyl groups excluding tert-OH is 1. The van der Waals surface area contributed by atoms with Crippen LogP contribution in [0, 0.1) is 11.8 Å². The summed E-state index contributed by atoms with van der Waals surface area (Å²) in [6.45, 7) is 12.1. The van der Waals surface area contributed by atoms with Gasteiger partial charge in [0, 0.05) is 42.3 Å². The van der Waals surface area contributed by atoms with Gasteiger partial charge < -0.3 is 58.9 Å². The standard InChI is InChI=1S/C52H67N9O9/c1-9-19-59(48(62)45(30(2)3)57-51(64)67-7)29-44-53-27-38(55-44)32-16-18-40-35(23-32)25-42-37-17-15-33(26-43(37)70-50(61(40)42)34-12-10-13-36(24-34)69-22-21-66-6)39-28-54-47(56-39)41-14-11-20-60(41)49(63)46(31(4)5)58-52(65)68-8/h10,12-13,16,18,23-28,30-31,41,45-46,48,50,62H,9,11,14-15,17,19-22,29H2,1-8H3,(H,53,55)(H,54,56)(H,57,64)(H,58,65). The van der Waals surface area contributed by atoms with Crippen LogP contribution < -0.4 is 15.4 Å². The molecule has 5 aromatic rings. The lowest BCUT2D eigenvalue weighted by molar-refractivity contribution is -0.135. The normalized spacial score (nSPS) is 18.1. The summed E-state index contributed by atoms with van der Waals surface area (Å²) in [6.07, 6.45) is 6.86. The van der Waals surface area contributed by atoms with Crippen molar-refractivity contribution in [2.75, 3.05) is 47.6 Å². The number of carbonyl (C=O) groups is 3. The SMILES string of the molecule is CCCN(Cc1ncc(-c2ccc3c(c2)cc2n3C(c3cccc(OCCOC)c3)OC3=C2CCC(c2cnc(C4CCCN4C(=O)C(NC(=O)OC)C(C)C)[nH]2)=C3)[nH]1)C(O)C(NC(=O)OC)C(C)C. The molecule has 18 nitrogen and oxygen atoms in total. The number of carbonyl (C=O) groups excluding carboxylic acids is 3. The molecule has 5 heterocycles. The minimum atomic E-state index is -0.965. The number of allylic oxidation sites excluding steroid dienone is 3. The van der Waals surface area contributed by atoms with E-state index >= 15 is 0 Å². The molecule has 1 fully saturated rings. The number of alkyl carbamates (subject to hydrolysis) is 2. The zero-order valence-electron chi connectivity index (χ0n) is 41.4. The number of nitrogens with zero attached hydrogens (tertiary/aromatic N) is 5. The summed E-state index contributed by atoms with van der Waals surface area (Å²) in [7, 11) is 4.25. The second kappa shape index (κ2) is 22.0. The number of ether oxygens (including phenoxy) is 5. The van der Waals surface area contributed by atoms with E-state index in [1.54, 1.807) is 7.11 Å². The molecule has 70 heavy (non-hydrogen) atoms. The number of fused-ring (bicyclic) bond motifs is 4. The molecule has 0 radical (unpaired) electrons. The summed E-state index contributed by atoms with van der Waals surface area (Å²) >= 11 is 0. The minimum Gasteiger partial charge on any atom is -0.491 e. The van der Waals surface area contributed by atoms with Crippen LogP contribution in [-0.2, 0) is 30.3 Å². The van der Waals surface area contributed by atoms with Crippen molar-refractivity contribution in [3.63, 3.8) is 0 Å². The van der Waals surface area contributed by atoms with Crippen LogP contribution in [0.4, 0.5) is 9.59 Å². The van der Waals surface area contributed by atoms with Gasteiger partial charge in [0.05, 0.1) is 74.4 Å². The Morgan fingerprint density at radius 3 is 2.46 bits per heavy atom. The Kier molecular flexibility index (Phi) is 15.6. The van der Waals surface area contributed by atoms with Crippen molar-refractivity contribution in [3.8, 4) is 17.0 Å². The first kappa shape index (κ1) is 49.8. The Hall–Kier alpha value is -6.63. The predicted octanol–water partition coefficient (Wildman–Crippen LogP) is 7.90. The van der Waals surface area contributed by atoms with Gasteiger partial charge in [-0.25, -0.2) is 19.6 Å². The monoisotopic (exact) mass is 962 g/mol. The van der Waals surface area contributed by atoms with Crippen LogP contribution >= 0.6 is 0 Å². The lowest BCUT2D eigenvalue weighted by Crippen LogP contribution is -2.54. The largest absolute Gasteiger partial charge is 0.491 e. The number of hydrogen-bond donors (Lipinski definition) is 5. The van der Waals surface area contributed by atoms with E-state index in [-0.39, 0.29) is 23.8 Å². The molecule has 5 unspecified atom stereocenters. The number of methoxy groups -OCH3 is 3. The van der Waals surface area contributed by atoms with Crippen molar-refractivity contribution >= 4 is 40.1 Å². The van der Waals surface area contributed by atoms with Crippen molar-refractivity contribution in [1.82, 2.24) is 44.9 Å². The number of likely N-dealkylation sites (tertiary alicyclic amines) is 1. The van der Waals surface area contributed by atoms with Gasteiger partial charge in [-0.05, 0) is 85.9 Å². The lowest BCUT2D eigenvalue weighted by atomic mass is 9.92. The highest BCUT2D eigenvalue weighted by Gasteiger charge is 2.38. The first-order valence-corrected chi connectivity index (χ1v) is 24.3. The molecule has 5 N–H and O–H groups in total. The summed E-state index contributed by atoms with van der Waals surface area (Å²) in [6, 6.07) is 15.0. The lowest BCUT2D eigenvalue weighted by Gasteiger charge is -2.35. The number of nitrogens with one attached hydrogen (secondary N) is 4. The molecule has 18 heteroatoms. The van der Waals surface area contributed by atoms with Gasteiger partial charge in [0.1, 0.15) is 42.0 Å². The molecule has 3 amide bonds. The number of aliphatic hydroxyl groups is 1. The maximum Gasteiger partial charge on any atom is 0.407 e. The summed E-state index contributed by atoms with van der Waals surface area (Å²) in [4.78, 5) is 58.5. The van der Waals surface area contributed by atoms with Gasteiger partial charge in [-0.15, -0.1) is 0 Å². The molecule has 8 rings (SSSR count). The van der Waals surface area contributed by atoms with Crippen molar-refractivity contribution in [2.24, 2.45) is 11.8 Å². The molecule has 1 saturated heterocycles. The fourth-order valence-corrected chi connectivity index (χ4v) is 9.80. The van der Waals surface area contributed by atoms with Gasteiger partial charge in [-0.2, -0.15) is 0 Å². The smallest absolute Gasteiger partial charge is 0.407 e. The van der Waals surface area contributed by atoms with Crippen LogP contribution in [0.1, 0.15) is 108 Å². The number of amides is 3. The van der Waals surface area contributed by atoms with Crippen molar-refractivity contribution in [1.29, 1.82) is 0 Å². The van der Waals surface area contributed by atoms with Crippen molar-refractivity contribution in [3.05, 3.63) is 101 Å². The van der Waals surface area contributed by atoms with E-state index in [9.17, 15) is 19.5 Å². The highest BCUT2D eigenvalue weighted by molar-refractivity contribution is 5.92. The minimum absolute atomic E-state index is 0.0524. The van der Waals surface area contributed by atoms with Gasteiger partial charge in [-0.1, -0.05) is 52.8 Å². The number of hydrogen-bond acceptors (Lipinski definition) is 12. The van der Waals surface area contributed by atoms with E-state index in [2.05, 4.69) is 61.6 Å². The molecule has 1 aliphatic carbocycles. The molecule has 0 saturated carbocycles. The number of imidazole rings is 2. The maximum absolute atomic E-state index is 13.9. The second-order valence-electron chi connectivity index (χ2n) is 18.8. The molecule has 374 valence electrons. The zero-order valence-corrected chi connectivity index (χ0v) is 41.4. The van der Waals surface area contributed by atoms with Crippen LogP contribution in [0.25, 0.3) is 33.3 Å². The fraction of sp³-hybridized carbons (Fsp3) is 0.481. The quantitative estimate of drug-likeness (QED) is 0.0395. The predicted molar refractivity (Wildman–Crippen MR) is 264 cm³/mol. The molecule has 0 spiro atoms. The highest BCUT2D eigenvalue weighted by atomic mass is 16.5. The van der Waals surface area contributed by atoms with Crippen LogP contribution in [0.5, 0.6) is 5.75 Å². The van der Waals surface area contributed by atoms with Gasteiger partial charge in [0.2, 0.25) is 12.1 Å². The summed E-state index contributed by atoms with van der Waals surface area (Å²) < 4.78 is 30.3. The number of rotatable bonds is 19. The molecule has 3 aliphatic rings. The first-order valence-electron chi connectivity index (χ1n) is 24.3. The average Bonchev–Trinajstić information content (AvgIpc) is 4.21. The Morgan fingerprint density at radius 2 is 1.71 bits per heavy atom. The Morgan fingerprint density at radius 1 is 0.929 bits per heavy atom. The average molecular weight is 962 g/mol. The van der Waals surface area contributed by atoms with Crippen LogP contribution in [0.15, 0.2) is 72.8 Å². The summed E-state index contributed by atoms with van der Waals surface area (Å²) in [5.41, 5.74) is 7.76. The molecular weight excluding hydrogens is 895 g/mol. The van der Waals surface area contributed by atoms with E-state index in [1.807, 2.05) is 75.0 Å². The topological polar surface area (TPSA) is 210 Å². The third kappa shape index (κ3) is 10.6. The van der Waals surface area contributed by atoms with E-state index in [0.29, 0.717) is 56.7 Å². The summed E-state index contributed by atoms with van der Waals surface area (Å²) in [5.74, 6) is 2.53. The number of H-pyrrole nitrogens is 2. The maximum atomic E-state index is 13.9. The number of aromatic nitrogens is 5. The van der Waals surface area contributed by atoms with Gasteiger partial charge in [0.15, 0.2) is 0 Å². The molecule has 2 aliphatic heterocycles. The van der Waals surface area contributed by atoms with Crippen molar-refractivity contribution in [2.45, 2.75) is 104 Å². The van der Waals surface area contributed by atoms with Crippen LogP contribution in [0.3, 0.4) is 0 Å². The van der Waals surface area contributed by atoms with Gasteiger partial charge >= 0.3 is 12.2 Å². The van der Waals surface area contributed by atoms with Crippen LogP contribution in [0.2, 0.25) is 0 Å². The van der Waals surface area contributed by atoms with Gasteiger partial charge in [0.25, 0.3) is 0 Å².